The minimum absolute atomic E-state index is 1.01. The molecule has 1 fully saturated rings. The zero-order valence-corrected chi connectivity index (χ0v) is 13.9. The fourth-order valence-electron chi connectivity index (χ4n) is 2.94. The number of allylic oxidation sites excluding steroid dienone is 9. The van der Waals surface area contributed by atoms with Crippen LogP contribution in [0.25, 0.3) is 0 Å². The Bertz CT molecular complexity index is 579. The number of piperidine rings is 1. The van der Waals surface area contributed by atoms with E-state index in [9.17, 15) is 0 Å². The van der Waals surface area contributed by atoms with Gasteiger partial charge in [-0.1, -0.05) is 37.0 Å². The Labute approximate surface area is 129 Å². The van der Waals surface area contributed by atoms with Gasteiger partial charge in [0.2, 0.25) is 0 Å². The summed E-state index contributed by atoms with van der Waals surface area (Å²) in [6, 6.07) is 0. The lowest BCUT2D eigenvalue weighted by Gasteiger charge is -2.28. The average molecular weight is 281 g/mol. The molecule has 1 aliphatic carbocycles. The molecule has 112 valence electrons. The fraction of sp³-hybridized carbons (Fsp3) is 0.400. The zero-order chi connectivity index (χ0) is 15.4. The highest BCUT2D eigenvalue weighted by atomic mass is 15.1. The van der Waals surface area contributed by atoms with Crippen molar-refractivity contribution in [1.29, 1.82) is 0 Å². The summed E-state index contributed by atoms with van der Waals surface area (Å²) in [5.41, 5.74) is 8.23. The Balaban J connectivity index is 2.31. The van der Waals surface area contributed by atoms with Gasteiger partial charge in [0, 0.05) is 13.1 Å². The summed E-state index contributed by atoms with van der Waals surface area (Å²) in [6.07, 6.45) is 13.3. The molecule has 0 amide bonds. The standard InChI is InChI=1S/C20H27N/c1-6-7-18-10-11-19(9-8-15(18)2)17(4)20-14-21(5)13-12-16(20)3/h6-9,11H,3,10,12-14H2,1-2,4-5H3/b7-6-,20-17+. The molecular weight excluding hydrogens is 254 g/mol. The molecule has 0 atom stereocenters. The van der Waals surface area contributed by atoms with E-state index in [2.05, 4.69) is 69.7 Å². The molecule has 0 aromatic heterocycles. The molecule has 21 heavy (non-hydrogen) atoms. The van der Waals surface area contributed by atoms with Crippen molar-refractivity contribution in [3.63, 3.8) is 0 Å². The molecule has 0 unspecified atom stereocenters. The second kappa shape index (κ2) is 6.91. The molecule has 0 spiro atoms. The lowest BCUT2D eigenvalue weighted by Crippen LogP contribution is -2.29. The lowest BCUT2D eigenvalue weighted by molar-refractivity contribution is 0.347. The smallest absolute Gasteiger partial charge is 0.0236 e. The number of likely N-dealkylation sites (tertiary alicyclic amines) is 1. The quantitative estimate of drug-likeness (QED) is 0.690. The second-order valence-corrected chi connectivity index (χ2v) is 6.10. The van der Waals surface area contributed by atoms with Crippen LogP contribution in [-0.2, 0) is 0 Å². The number of nitrogens with zero attached hydrogens (tertiary/aromatic N) is 1. The predicted molar refractivity (Wildman–Crippen MR) is 93.3 cm³/mol. The van der Waals surface area contributed by atoms with E-state index in [0.717, 1.165) is 25.9 Å². The van der Waals surface area contributed by atoms with E-state index in [0.29, 0.717) is 0 Å². The van der Waals surface area contributed by atoms with Gasteiger partial charge in [-0.2, -0.15) is 0 Å². The summed E-state index contributed by atoms with van der Waals surface area (Å²) in [6.45, 7) is 12.9. The summed E-state index contributed by atoms with van der Waals surface area (Å²) in [4.78, 5) is 2.38. The van der Waals surface area contributed by atoms with Gasteiger partial charge in [-0.3, -0.25) is 0 Å². The summed E-state index contributed by atoms with van der Waals surface area (Å²) < 4.78 is 0. The molecule has 0 bridgehead atoms. The van der Waals surface area contributed by atoms with Crippen LogP contribution in [0.3, 0.4) is 0 Å². The number of likely N-dealkylation sites (N-methyl/N-ethyl adjacent to an activating group) is 1. The maximum absolute atomic E-state index is 4.27. The highest BCUT2D eigenvalue weighted by Crippen LogP contribution is 2.29. The highest BCUT2D eigenvalue weighted by molar-refractivity contribution is 5.52. The summed E-state index contributed by atoms with van der Waals surface area (Å²) in [5.74, 6) is 0. The maximum Gasteiger partial charge on any atom is 0.0236 e. The molecule has 0 aromatic carbocycles. The van der Waals surface area contributed by atoms with Gasteiger partial charge in [0.15, 0.2) is 0 Å². The van der Waals surface area contributed by atoms with Crippen LogP contribution in [0.1, 0.15) is 33.6 Å². The van der Waals surface area contributed by atoms with Gasteiger partial charge in [-0.05, 0) is 74.1 Å². The van der Waals surface area contributed by atoms with Gasteiger partial charge < -0.3 is 4.90 Å². The van der Waals surface area contributed by atoms with Crippen LogP contribution in [0.2, 0.25) is 0 Å². The molecular formula is C20H27N. The molecule has 2 aliphatic rings. The lowest BCUT2D eigenvalue weighted by atomic mass is 9.91. The highest BCUT2D eigenvalue weighted by Gasteiger charge is 2.17. The zero-order valence-electron chi connectivity index (χ0n) is 13.9. The Morgan fingerprint density at radius 2 is 2.10 bits per heavy atom. The van der Waals surface area contributed by atoms with Crippen LogP contribution in [0, 0.1) is 0 Å². The van der Waals surface area contributed by atoms with Crippen LogP contribution in [-0.4, -0.2) is 25.0 Å². The van der Waals surface area contributed by atoms with Crippen molar-refractivity contribution in [2.75, 3.05) is 20.1 Å². The number of hydrogen-bond donors (Lipinski definition) is 0. The third-order valence-corrected chi connectivity index (χ3v) is 4.46. The fourth-order valence-corrected chi connectivity index (χ4v) is 2.94. The second-order valence-electron chi connectivity index (χ2n) is 6.10. The molecule has 1 aliphatic heterocycles. The van der Waals surface area contributed by atoms with E-state index in [1.165, 1.54) is 33.4 Å². The van der Waals surface area contributed by atoms with Crippen molar-refractivity contribution < 1.29 is 0 Å². The summed E-state index contributed by atoms with van der Waals surface area (Å²) in [7, 11) is 2.19. The van der Waals surface area contributed by atoms with E-state index in [1.54, 1.807) is 0 Å². The Kier molecular flexibility index (Phi) is 5.19. The SMILES string of the molecule is C=C1CCN(C)C/C1=C(/C)C1=CCC(/C=C\C)=C(C)C=C1. The van der Waals surface area contributed by atoms with Crippen LogP contribution in [0.15, 0.2) is 70.4 Å². The van der Waals surface area contributed by atoms with Gasteiger partial charge in [0.05, 0.1) is 0 Å². The summed E-state index contributed by atoms with van der Waals surface area (Å²) in [5, 5.41) is 0. The monoisotopic (exact) mass is 281 g/mol. The number of rotatable bonds is 2. The normalized spacial score (nSPS) is 23.6. The van der Waals surface area contributed by atoms with Gasteiger partial charge in [0.25, 0.3) is 0 Å². The molecule has 0 saturated carbocycles. The molecule has 1 nitrogen and oxygen atoms in total. The van der Waals surface area contributed by atoms with Crippen molar-refractivity contribution in [2.45, 2.75) is 33.6 Å². The van der Waals surface area contributed by atoms with E-state index >= 15 is 0 Å². The van der Waals surface area contributed by atoms with Crippen LogP contribution < -0.4 is 0 Å². The minimum Gasteiger partial charge on any atom is -0.302 e. The van der Waals surface area contributed by atoms with Crippen molar-refractivity contribution in [3.05, 3.63) is 70.4 Å². The molecule has 0 radical (unpaired) electrons. The van der Waals surface area contributed by atoms with Crippen LogP contribution >= 0.6 is 0 Å². The topological polar surface area (TPSA) is 3.24 Å². The Morgan fingerprint density at radius 1 is 1.33 bits per heavy atom. The predicted octanol–water partition coefficient (Wildman–Crippen LogP) is 4.97. The molecule has 1 saturated heterocycles. The third kappa shape index (κ3) is 3.74. The molecule has 1 heterocycles. The first kappa shape index (κ1) is 15.8. The van der Waals surface area contributed by atoms with Crippen molar-refractivity contribution >= 4 is 0 Å². The van der Waals surface area contributed by atoms with Crippen molar-refractivity contribution in [3.8, 4) is 0 Å². The summed E-state index contributed by atoms with van der Waals surface area (Å²) >= 11 is 0. The minimum atomic E-state index is 1.01. The third-order valence-electron chi connectivity index (χ3n) is 4.46. The first-order valence-corrected chi connectivity index (χ1v) is 7.80. The Hall–Kier alpha value is -1.60. The average Bonchev–Trinajstić information content (AvgIpc) is 2.64. The van der Waals surface area contributed by atoms with Gasteiger partial charge >= 0.3 is 0 Å². The molecule has 0 N–H and O–H groups in total. The van der Waals surface area contributed by atoms with E-state index in [4.69, 9.17) is 0 Å². The van der Waals surface area contributed by atoms with Crippen LogP contribution in [0.5, 0.6) is 0 Å². The number of hydrogen-bond acceptors (Lipinski definition) is 1. The molecule has 1 heteroatoms. The van der Waals surface area contributed by atoms with Crippen LogP contribution in [0.4, 0.5) is 0 Å². The van der Waals surface area contributed by atoms with Crippen molar-refractivity contribution in [2.24, 2.45) is 0 Å². The molecule has 0 aromatic rings. The maximum atomic E-state index is 4.27. The van der Waals surface area contributed by atoms with E-state index < -0.39 is 0 Å². The largest absolute Gasteiger partial charge is 0.302 e. The van der Waals surface area contributed by atoms with Gasteiger partial charge in [0.1, 0.15) is 0 Å². The van der Waals surface area contributed by atoms with Gasteiger partial charge in [-0.15, -0.1) is 0 Å². The van der Waals surface area contributed by atoms with Gasteiger partial charge in [-0.25, -0.2) is 0 Å². The first-order valence-electron chi connectivity index (χ1n) is 7.80. The Morgan fingerprint density at radius 3 is 2.81 bits per heavy atom. The molecule has 2 rings (SSSR count). The van der Waals surface area contributed by atoms with E-state index in [1.807, 2.05) is 0 Å². The first-order chi connectivity index (χ1) is 10.0. The van der Waals surface area contributed by atoms with Crippen molar-refractivity contribution in [1.82, 2.24) is 4.90 Å². The van der Waals surface area contributed by atoms with E-state index in [-0.39, 0.29) is 0 Å².